The van der Waals surface area contributed by atoms with Crippen LogP contribution in [0.2, 0.25) is 0 Å². The molecule has 3 aliphatic heterocycles. The van der Waals surface area contributed by atoms with Crippen LogP contribution in [-0.4, -0.2) is 163 Å². The number of hydrogen-bond donors (Lipinski definition) is 6. The number of pyridine rings is 1. The molecule has 4 amide bonds. The molecule has 2 bridgehead atoms. The smallest absolute Gasteiger partial charge is 0.407 e. The molecule has 6 atom stereocenters. The molecular weight excluding hydrogens is 1060 g/mol. The van der Waals surface area contributed by atoms with E-state index in [9.17, 15) is 59.4 Å². The van der Waals surface area contributed by atoms with Crippen molar-refractivity contribution < 1.29 is 73.6 Å². The highest BCUT2D eigenvalue weighted by Gasteiger charge is 2.57. The number of alkyl carbamates (subject to hydrolysis) is 2. The highest BCUT2D eigenvalue weighted by Crippen LogP contribution is 2.42. The van der Waals surface area contributed by atoms with Gasteiger partial charge in [0.05, 0.1) is 37.2 Å². The summed E-state index contributed by atoms with van der Waals surface area (Å²) in [6.45, 7) is 1.83. The minimum Gasteiger partial charge on any atom is -0.453 e. The second kappa shape index (κ2) is 25.8. The van der Waals surface area contributed by atoms with E-state index in [-0.39, 0.29) is 23.1 Å². The van der Waals surface area contributed by atoms with Crippen LogP contribution in [0.3, 0.4) is 0 Å². The minimum atomic E-state index is -5.11. The predicted octanol–water partition coefficient (Wildman–Crippen LogP) is 5.19. The fourth-order valence-electron chi connectivity index (χ4n) is 9.40. The van der Waals surface area contributed by atoms with Crippen molar-refractivity contribution in [3.8, 4) is 11.8 Å². The number of alkyl halides is 8. The number of nitrogens with one attached hydrogen (secondary N) is 4. The highest BCUT2D eigenvalue weighted by molar-refractivity contribution is 6.09. The van der Waals surface area contributed by atoms with Crippen LogP contribution in [-0.2, 0) is 32.0 Å². The van der Waals surface area contributed by atoms with E-state index in [1.54, 1.807) is 30.5 Å². The number of halogens is 8. The summed E-state index contributed by atoms with van der Waals surface area (Å²) in [5, 5.41) is 19.3. The van der Waals surface area contributed by atoms with Crippen molar-refractivity contribution in [2.75, 3.05) is 52.0 Å². The Morgan fingerprint density at radius 3 is 1.81 bits per heavy atom. The predicted molar refractivity (Wildman–Crippen MR) is 275 cm³/mol. The van der Waals surface area contributed by atoms with Gasteiger partial charge < -0.3 is 45.9 Å². The number of aliphatic imine (C=N–C) groups is 1. The summed E-state index contributed by atoms with van der Waals surface area (Å²) in [7, 11) is 1.72. The van der Waals surface area contributed by atoms with Gasteiger partial charge in [0.25, 0.3) is 5.91 Å². The summed E-state index contributed by atoms with van der Waals surface area (Å²) in [5.41, 5.74) is 4.16. The zero-order chi connectivity index (χ0) is 58.0. The molecule has 6 rings (SSSR count). The second-order valence-electron chi connectivity index (χ2n) is 20.5. The minimum absolute atomic E-state index is 0.0700. The lowest BCUT2D eigenvalue weighted by Gasteiger charge is -2.45. The number of fused-ring (bicyclic) bond motifs is 2. The maximum atomic E-state index is 14.6. The number of carbonyl (C=O) groups excluding carboxylic acids is 4. The van der Waals surface area contributed by atoms with Crippen LogP contribution in [0.15, 0.2) is 78.1 Å². The van der Waals surface area contributed by atoms with Crippen molar-refractivity contribution in [1.29, 1.82) is 0 Å². The summed E-state index contributed by atoms with van der Waals surface area (Å²) >= 11 is 0. The molecule has 3 aliphatic rings. The Bertz CT molecular complexity index is 2700. The molecule has 8 N–H and O–H groups in total. The number of amides is 4. The largest absolute Gasteiger partial charge is 0.453 e. The molecule has 4 heterocycles. The van der Waals surface area contributed by atoms with E-state index in [1.807, 2.05) is 22.8 Å². The number of nitrogens with two attached hydrogens (primary N) is 1. The quantitative estimate of drug-likeness (QED) is 0.0215. The zero-order valence-corrected chi connectivity index (χ0v) is 44.2. The molecule has 0 spiro atoms. The van der Waals surface area contributed by atoms with E-state index >= 15 is 0 Å². The van der Waals surface area contributed by atoms with Gasteiger partial charge in [0.1, 0.15) is 23.9 Å². The third-order valence-electron chi connectivity index (χ3n) is 14.4. The molecule has 0 aliphatic carbocycles. The lowest BCUT2D eigenvalue weighted by Crippen LogP contribution is -2.63. The lowest BCUT2D eigenvalue weighted by atomic mass is 9.82. The van der Waals surface area contributed by atoms with Crippen molar-refractivity contribution in [3.05, 3.63) is 101 Å². The van der Waals surface area contributed by atoms with Crippen molar-refractivity contribution in [3.63, 3.8) is 0 Å². The highest BCUT2D eigenvalue weighted by atomic mass is 19.4. The number of benzene rings is 2. The van der Waals surface area contributed by atoms with Crippen LogP contribution in [0.25, 0.3) is 5.57 Å². The van der Waals surface area contributed by atoms with Gasteiger partial charge in [-0.05, 0) is 87.9 Å². The Hall–Kier alpha value is -7.08. The molecule has 3 aromatic rings. The number of aliphatic hydroxyl groups is 3. The number of carbonyl (C=O) groups is 4. The first kappa shape index (κ1) is 61.1. The number of methoxy groups -OCH3 is 2. The molecule has 1 aromatic heterocycles. The van der Waals surface area contributed by atoms with Crippen LogP contribution >= 0.6 is 0 Å². The van der Waals surface area contributed by atoms with Gasteiger partial charge in [-0.2, -0.15) is 35.1 Å². The fraction of sp³-hybridized carbons (Fsp3) is 0.509. The van der Waals surface area contributed by atoms with E-state index < -0.39 is 91.1 Å². The van der Waals surface area contributed by atoms with E-state index in [1.165, 1.54) is 24.3 Å². The summed E-state index contributed by atoms with van der Waals surface area (Å²) < 4.78 is 126. The summed E-state index contributed by atoms with van der Waals surface area (Å²) in [5.74, 6) is 4.10. The maximum Gasteiger partial charge on any atom is 0.407 e. The Balaban J connectivity index is 1.29. The van der Waals surface area contributed by atoms with E-state index in [0.717, 1.165) is 76.6 Å². The Morgan fingerprint density at radius 2 is 1.33 bits per heavy atom. The lowest BCUT2D eigenvalue weighted by molar-refractivity contribution is -0.221. The Kier molecular flexibility index (Phi) is 20.0. The van der Waals surface area contributed by atoms with E-state index in [0.29, 0.717) is 62.5 Å². The molecule has 2 aromatic carbocycles. The monoisotopic (exact) mass is 1120 g/mol. The summed E-state index contributed by atoms with van der Waals surface area (Å²) in [6, 6.07) is 10.9. The van der Waals surface area contributed by atoms with Crippen molar-refractivity contribution >= 4 is 41.6 Å². The molecule has 0 radical (unpaired) electrons. The number of ether oxygens (including phenoxy) is 3. The van der Waals surface area contributed by atoms with Gasteiger partial charge in [-0.3, -0.25) is 19.9 Å². The number of hydrogen-bond acceptors (Lipinski definition) is 13. The number of piperazine rings is 1. The van der Waals surface area contributed by atoms with Gasteiger partial charge in [0.2, 0.25) is 5.91 Å². The Morgan fingerprint density at radius 1 is 0.797 bits per heavy atom. The van der Waals surface area contributed by atoms with Crippen LogP contribution < -0.4 is 32.0 Å². The summed E-state index contributed by atoms with van der Waals surface area (Å²) in [4.78, 5) is 65.6. The van der Waals surface area contributed by atoms with Gasteiger partial charge >= 0.3 is 31.1 Å². The summed E-state index contributed by atoms with van der Waals surface area (Å²) in [6.07, 6.45) is -9.48. The topological polar surface area (TPSA) is 229 Å². The van der Waals surface area contributed by atoms with Gasteiger partial charge in [-0.25, -0.2) is 24.6 Å². The first-order valence-corrected chi connectivity index (χ1v) is 25.1. The molecule has 18 nitrogen and oxygen atoms in total. The van der Waals surface area contributed by atoms with E-state index in [4.69, 9.17) is 10.7 Å². The number of allylic oxidation sites excluding steroid dienone is 1. The SMILES string of the molecule is COC(=O)N[C@H](C(=O)N[C@@H](Cc1ccc(C#Cc2ccc(N3CC4CCC(C3)N4C3C[OH+]C3)nc2)cc1)[C@@H](O)CN(Cc1ccc(C(C=NC(F)F)=CN)cc1)NC(=O)[C@@H](NC(=O)OC)C(C)(C)C(F)(F)F)C(C)(C)C(F)(F)F. The number of anilines is 1. The first-order valence-electron chi connectivity index (χ1n) is 25.1. The Labute approximate surface area is 451 Å². The molecule has 430 valence electrons. The van der Waals surface area contributed by atoms with Crippen LogP contribution in [0.5, 0.6) is 0 Å². The second-order valence-corrected chi connectivity index (χ2v) is 20.5. The third-order valence-corrected chi connectivity index (χ3v) is 14.4. The number of hydrazine groups is 1. The average molecular weight is 1120 g/mol. The number of nitrogens with zero attached hydrogens (tertiary/aromatic N) is 5. The molecule has 0 saturated carbocycles. The van der Waals surface area contributed by atoms with Gasteiger partial charge in [-0.1, -0.05) is 48.2 Å². The van der Waals surface area contributed by atoms with Crippen LogP contribution in [0.4, 0.5) is 50.5 Å². The fourth-order valence-corrected chi connectivity index (χ4v) is 9.40. The molecule has 3 saturated heterocycles. The van der Waals surface area contributed by atoms with Gasteiger partial charge in [-0.15, -0.1) is 0 Å². The van der Waals surface area contributed by atoms with Gasteiger partial charge in [0, 0.05) is 73.6 Å². The van der Waals surface area contributed by atoms with Crippen molar-refractivity contribution in [1.82, 2.24) is 36.3 Å². The number of aliphatic hydroxyl groups excluding tert-OH is 1. The number of rotatable bonds is 20. The van der Waals surface area contributed by atoms with Crippen molar-refractivity contribution in [2.45, 2.75) is 115 Å². The number of aromatic nitrogens is 1. The van der Waals surface area contributed by atoms with E-state index in [2.05, 4.69) is 51.6 Å². The normalized spacial score (nSPS) is 18.9. The zero-order valence-electron chi connectivity index (χ0n) is 44.2. The molecule has 2 unspecified atom stereocenters. The first-order chi connectivity index (χ1) is 37.1. The molecular formula is C53H65F8N10O8+. The van der Waals surface area contributed by atoms with Crippen molar-refractivity contribution in [2.24, 2.45) is 21.6 Å². The average Bonchev–Trinajstić information content (AvgIpc) is 3.74. The molecule has 79 heavy (non-hydrogen) atoms. The molecule has 3 fully saturated rings. The molecule has 26 heteroatoms. The maximum absolute atomic E-state index is 14.6. The standard InChI is InChI=1S/C53H64F8N10O8/c1-50(2,52(56,57)58)43(66-48(75)77-5)45(73)65-40(21-32-10-7-31(8-11-32)9-12-33-15-20-42(63-23-33)69-26-37-18-19-38(27-69)71(37)39-29-79-30-39)41(72)28-70(25-34-13-16-35(17-14-34)36(22-62)24-64-47(54)55)68-46(74)44(67-49(76)78-6)51(3,4)53(59,60)61/h7-8,10-11,13-17,20,22-24,37-41,43-44,47,72H,18-19,21,25-30,62H2,1-6H3,(H,65,73)(H,66,75)(H,67,76)(H,68,74)/p+1/t37?,38?,40-,41-,43+,44+/m0/s1. The van der Waals surface area contributed by atoms with Gasteiger partial charge in [0.15, 0.2) is 13.2 Å². The van der Waals surface area contributed by atoms with Crippen LogP contribution in [0.1, 0.15) is 68.4 Å². The third kappa shape index (κ3) is 15.4. The van der Waals surface area contributed by atoms with Crippen LogP contribution in [0, 0.1) is 22.7 Å².